The van der Waals surface area contributed by atoms with Gasteiger partial charge in [0.2, 0.25) is 5.91 Å². The van der Waals surface area contributed by atoms with E-state index in [0.717, 1.165) is 43.8 Å². The van der Waals surface area contributed by atoms with E-state index in [0.29, 0.717) is 11.8 Å². The molecule has 4 rings (SSSR count). The first-order valence-corrected chi connectivity index (χ1v) is 9.60. The summed E-state index contributed by atoms with van der Waals surface area (Å²) < 4.78 is 5.33. The van der Waals surface area contributed by atoms with Crippen LogP contribution in [0, 0.1) is 17.8 Å². The number of anilines is 1. The molecule has 25 heavy (non-hydrogen) atoms. The second kappa shape index (κ2) is 6.87. The van der Waals surface area contributed by atoms with E-state index in [1.54, 1.807) is 7.11 Å². The van der Waals surface area contributed by atoms with Crippen molar-refractivity contribution in [3.05, 3.63) is 24.3 Å². The van der Waals surface area contributed by atoms with Crippen molar-refractivity contribution < 1.29 is 9.53 Å². The van der Waals surface area contributed by atoms with E-state index in [2.05, 4.69) is 22.3 Å². The van der Waals surface area contributed by atoms with Crippen molar-refractivity contribution >= 4 is 11.6 Å². The summed E-state index contributed by atoms with van der Waals surface area (Å²) in [7, 11) is 1.69. The van der Waals surface area contributed by atoms with Crippen molar-refractivity contribution in [2.24, 2.45) is 23.5 Å². The van der Waals surface area contributed by atoms with Crippen LogP contribution in [-0.4, -0.2) is 38.2 Å². The van der Waals surface area contributed by atoms with E-state index in [1.165, 1.54) is 12.8 Å². The number of rotatable bonds is 4. The number of nitrogens with two attached hydrogens (primary N) is 1. The normalized spacial score (nSPS) is 34.2. The minimum atomic E-state index is 0.0333. The maximum atomic E-state index is 12.8. The van der Waals surface area contributed by atoms with Gasteiger partial charge in [-0.05, 0) is 56.1 Å². The molecule has 2 saturated carbocycles. The average Bonchev–Trinajstić information content (AvgIpc) is 3.23. The number of ether oxygens (including phenoxy) is 1. The Morgan fingerprint density at radius 3 is 2.88 bits per heavy atom. The highest BCUT2D eigenvalue weighted by Gasteiger charge is 2.49. The van der Waals surface area contributed by atoms with Crippen molar-refractivity contribution in [1.82, 2.24) is 5.32 Å². The third-order valence-electron chi connectivity index (χ3n) is 6.47. The molecular formula is C20H29N3O2. The number of fused-ring (bicyclic) bond motifs is 2. The van der Waals surface area contributed by atoms with Gasteiger partial charge in [-0.1, -0.05) is 6.07 Å². The fraction of sp³-hybridized carbons (Fsp3) is 0.650. The quantitative estimate of drug-likeness (QED) is 0.879. The van der Waals surface area contributed by atoms with Crippen molar-refractivity contribution in [3.63, 3.8) is 0 Å². The molecule has 5 heteroatoms. The summed E-state index contributed by atoms with van der Waals surface area (Å²) in [6, 6.07) is 8.43. The standard InChI is InChI=1S/C20H29N3O2/c1-25-17-6-2-5-16(11-17)23-9-3-4-15(12-23)22-20(24)18-13-7-8-14(10-13)19(18)21/h2,5-6,11,13-15,18-19H,3-4,7-10,12,21H2,1H3,(H,22,24). The molecule has 136 valence electrons. The SMILES string of the molecule is COc1cccc(N2CCCC(NC(=O)C3C4CCC(C4)C3N)C2)c1. The van der Waals surface area contributed by atoms with E-state index in [-0.39, 0.29) is 23.9 Å². The Morgan fingerprint density at radius 1 is 1.28 bits per heavy atom. The van der Waals surface area contributed by atoms with Crippen LogP contribution in [0.3, 0.4) is 0 Å². The Morgan fingerprint density at radius 2 is 2.12 bits per heavy atom. The molecule has 0 aromatic heterocycles. The predicted molar refractivity (Wildman–Crippen MR) is 98.7 cm³/mol. The summed E-state index contributed by atoms with van der Waals surface area (Å²) in [5, 5.41) is 3.31. The molecule has 5 atom stereocenters. The molecule has 3 aliphatic rings. The highest BCUT2D eigenvalue weighted by Crippen LogP contribution is 2.47. The Hall–Kier alpha value is -1.75. The Labute approximate surface area is 149 Å². The van der Waals surface area contributed by atoms with Crippen LogP contribution in [0.5, 0.6) is 5.75 Å². The third kappa shape index (κ3) is 3.22. The molecule has 1 amide bonds. The number of piperidine rings is 1. The molecule has 3 N–H and O–H groups in total. The molecule has 0 radical (unpaired) electrons. The second-order valence-corrected chi connectivity index (χ2v) is 7.93. The first kappa shape index (κ1) is 16.7. The van der Waals surface area contributed by atoms with Crippen molar-refractivity contribution in [2.75, 3.05) is 25.1 Å². The number of hydrogen-bond acceptors (Lipinski definition) is 4. The first-order valence-electron chi connectivity index (χ1n) is 9.60. The fourth-order valence-electron chi connectivity index (χ4n) is 5.16. The molecule has 1 heterocycles. The molecule has 1 aromatic carbocycles. The van der Waals surface area contributed by atoms with Crippen LogP contribution in [0.1, 0.15) is 32.1 Å². The number of amides is 1. The van der Waals surface area contributed by atoms with E-state index in [4.69, 9.17) is 10.5 Å². The van der Waals surface area contributed by atoms with Gasteiger partial charge < -0.3 is 20.7 Å². The number of methoxy groups -OCH3 is 1. The van der Waals surface area contributed by atoms with Crippen LogP contribution in [0.25, 0.3) is 0 Å². The van der Waals surface area contributed by atoms with Gasteiger partial charge in [0, 0.05) is 36.9 Å². The maximum absolute atomic E-state index is 12.8. The number of hydrogen-bond donors (Lipinski definition) is 2. The first-order chi connectivity index (χ1) is 12.2. The zero-order chi connectivity index (χ0) is 17.4. The zero-order valence-electron chi connectivity index (χ0n) is 15.0. The Bertz CT molecular complexity index is 633. The van der Waals surface area contributed by atoms with Gasteiger partial charge in [0.1, 0.15) is 5.75 Å². The van der Waals surface area contributed by atoms with E-state index < -0.39 is 0 Å². The number of carbonyl (C=O) groups is 1. The van der Waals surface area contributed by atoms with Crippen LogP contribution in [0.4, 0.5) is 5.69 Å². The van der Waals surface area contributed by atoms with Crippen LogP contribution >= 0.6 is 0 Å². The molecule has 0 spiro atoms. The summed E-state index contributed by atoms with van der Waals surface area (Å²) in [4.78, 5) is 15.2. The summed E-state index contributed by atoms with van der Waals surface area (Å²) >= 11 is 0. The van der Waals surface area contributed by atoms with Gasteiger partial charge in [0.15, 0.2) is 0 Å². The van der Waals surface area contributed by atoms with Gasteiger partial charge in [-0.15, -0.1) is 0 Å². The van der Waals surface area contributed by atoms with E-state index >= 15 is 0 Å². The summed E-state index contributed by atoms with van der Waals surface area (Å²) in [5.74, 6) is 2.18. The van der Waals surface area contributed by atoms with Gasteiger partial charge in [-0.25, -0.2) is 0 Å². The van der Waals surface area contributed by atoms with Crippen LogP contribution in [0.15, 0.2) is 24.3 Å². The van der Waals surface area contributed by atoms with Crippen LogP contribution in [-0.2, 0) is 4.79 Å². The van der Waals surface area contributed by atoms with Gasteiger partial charge in [0.05, 0.1) is 13.0 Å². The van der Waals surface area contributed by atoms with Crippen molar-refractivity contribution in [2.45, 2.75) is 44.2 Å². The molecule has 1 aliphatic heterocycles. The Balaban J connectivity index is 1.39. The lowest BCUT2D eigenvalue weighted by Gasteiger charge is -2.36. The molecule has 2 aliphatic carbocycles. The molecule has 2 bridgehead atoms. The van der Waals surface area contributed by atoms with Gasteiger partial charge in [0.25, 0.3) is 0 Å². The fourth-order valence-corrected chi connectivity index (χ4v) is 5.16. The van der Waals surface area contributed by atoms with E-state index in [9.17, 15) is 4.79 Å². The molecule has 5 unspecified atom stereocenters. The largest absolute Gasteiger partial charge is 0.497 e. The summed E-state index contributed by atoms with van der Waals surface area (Å²) in [5.41, 5.74) is 7.50. The van der Waals surface area contributed by atoms with Crippen LogP contribution in [0.2, 0.25) is 0 Å². The summed E-state index contributed by atoms with van der Waals surface area (Å²) in [6.07, 6.45) is 5.67. The minimum Gasteiger partial charge on any atom is -0.497 e. The minimum absolute atomic E-state index is 0.0333. The Kier molecular flexibility index (Phi) is 4.59. The maximum Gasteiger partial charge on any atom is 0.225 e. The smallest absolute Gasteiger partial charge is 0.225 e. The predicted octanol–water partition coefficient (Wildman–Crippen LogP) is 2.15. The van der Waals surface area contributed by atoms with Gasteiger partial charge >= 0.3 is 0 Å². The highest BCUT2D eigenvalue weighted by molar-refractivity contribution is 5.80. The number of nitrogens with one attached hydrogen (secondary N) is 1. The molecule has 1 aromatic rings. The van der Waals surface area contributed by atoms with Crippen LogP contribution < -0.4 is 20.7 Å². The lowest BCUT2D eigenvalue weighted by molar-refractivity contribution is -0.127. The average molecular weight is 343 g/mol. The molecular weight excluding hydrogens is 314 g/mol. The van der Waals surface area contributed by atoms with Crippen molar-refractivity contribution in [1.29, 1.82) is 0 Å². The number of benzene rings is 1. The van der Waals surface area contributed by atoms with Gasteiger partial charge in [-0.3, -0.25) is 4.79 Å². The van der Waals surface area contributed by atoms with E-state index in [1.807, 2.05) is 12.1 Å². The number of nitrogens with zero attached hydrogens (tertiary/aromatic N) is 1. The monoisotopic (exact) mass is 343 g/mol. The molecule has 5 nitrogen and oxygen atoms in total. The third-order valence-corrected chi connectivity index (χ3v) is 6.47. The lowest BCUT2D eigenvalue weighted by Crippen LogP contribution is -2.52. The number of carbonyl (C=O) groups excluding carboxylic acids is 1. The molecule has 1 saturated heterocycles. The second-order valence-electron chi connectivity index (χ2n) is 7.93. The molecule has 3 fully saturated rings. The summed E-state index contributed by atoms with van der Waals surface area (Å²) in [6.45, 7) is 1.88. The highest BCUT2D eigenvalue weighted by atomic mass is 16.5. The zero-order valence-corrected chi connectivity index (χ0v) is 15.0. The van der Waals surface area contributed by atoms with Gasteiger partial charge in [-0.2, -0.15) is 0 Å². The lowest BCUT2D eigenvalue weighted by atomic mass is 9.84. The topological polar surface area (TPSA) is 67.6 Å². The van der Waals surface area contributed by atoms with Crippen molar-refractivity contribution in [3.8, 4) is 5.75 Å².